The Hall–Kier alpha value is -2.72. The number of thiocarbonyl (C=S) groups is 1. The standard InChI is InChI=1S/C18H14N2OS/c21-17(19-14-9-2-1-3-10-14)18(22)20-16-12-6-8-13-7-4-5-11-15(13)16/h1-12H,(H,19,21)(H,20,22). The van der Waals surface area contributed by atoms with Crippen LogP contribution in [0.5, 0.6) is 0 Å². The molecular formula is C18H14N2OS. The minimum Gasteiger partial charge on any atom is -0.342 e. The van der Waals surface area contributed by atoms with E-state index in [0.29, 0.717) is 0 Å². The molecule has 2 N–H and O–H groups in total. The number of benzene rings is 3. The quantitative estimate of drug-likeness (QED) is 0.697. The molecule has 3 aromatic carbocycles. The lowest BCUT2D eigenvalue weighted by atomic mass is 10.1. The Bertz CT molecular complexity index is 825. The van der Waals surface area contributed by atoms with Gasteiger partial charge in [0.1, 0.15) is 0 Å². The van der Waals surface area contributed by atoms with Crippen molar-refractivity contribution >= 4 is 45.3 Å². The summed E-state index contributed by atoms with van der Waals surface area (Å²) in [5.41, 5.74) is 1.54. The second-order valence-corrected chi connectivity index (χ2v) is 5.21. The van der Waals surface area contributed by atoms with E-state index in [1.807, 2.05) is 72.8 Å². The Morgan fingerprint density at radius 2 is 1.45 bits per heavy atom. The Balaban J connectivity index is 1.77. The summed E-state index contributed by atoms with van der Waals surface area (Å²) >= 11 is 5.20. The van der Waals surface area contributed by atoms with Crippen molar-refractivity contribution < 1.29 is 4.79 Å². The summed E-state index contributed by atoms with van der Waals surface area (Å²) < 4.78 is 0. The molecule has 0 saturated carbocycles. The molecule has 3 aromatic rings. The first-order valence-electron chi connectivity index (χ1n) is 6.89. The monoisotopic (exact) mass is 306 g/mol. The highest BCUT2D eigenvalue weighted by Gasteiger charge is 2.10. The summed E-state index contributed by atoms with van der Waals surface area (Å²) in [5, 5.41) is 7.92. The molecule has 0 aliphatic heterocycles. The number of hydrogen-bond donors (Lipinski definition) is 2. The molecule has 0 fully saturated rings. The molecule has 0 bridgehead atoms. The molecule has 1 amide bonds. The van der Waals surface area contributed by atoms with Crippen LogP contribution in [0.25, 0.3) is 10.8 Å². The number of para-hydroxylation sites is 1. The molecule has 0 radical (unpaired) electrons. The number of anilines is 2. The Kier molecular flexibility index (Phi) is 4.12. The van der Waals surface area contributed by atoms with Crippen LogP contribution in [0.3, 0.4) is 0 Å². The second kappa shape index (κ2) is 6.37. The molecule has 0 aromatic heterocycles. The van der Waals surface area contributed by atoms with Crippen LogP contribution in [-0.4, -0.2) is 10.9 Å². The minimum atomic E-state index is -0.325. The summed E-state index contributed by atoms with van der Waals surface area (Å²) in [6, 6.07) is 23.1. The average molecular weight is 306 g/mol. The lowest BCUT2D eigenvalue weighted by molar-refractivity contribution is -0.110. The molecule has 4 heteroatoms. The summed E-state index contributed by atoms with van der Waals surface area (Å²) in [7, 11) is 0. The predicted octanol–water partition coefficient (Wildman–Crippen LogP) is 4.22. The van der Waals surface area contributed by atoms with Crippen LogP contribution in [0.1, 0.15) is 0 Å². The van der Waals surface area contributed by atoms with E-state index in [-0.39, 0.29) is 10.9 Å². The van der Waals surface area contributed by atoms with Gasteiger partial charge in [0.15, 0.2) is 4.99 Å². The summed E-state index contributed by atoms with van der Waals surface area (Å²) in [6.07, 6.45) is 0. The first-order valence-corrected chi connectivity index (χ1v) is 7.30. The van der Waals surface area contributed by atoms with Crippen molar-refractivity contribution in [1.82, 2.24) is 0 Å². The van der Waals surface area contributed by atoms with Crippen LogP contribution in [0.15, 0.2) is 72.8 Å². The zero-order valence-corrected chi connectivity index (χ0v) is 12.6. The van der Waals surface area contributed by atoms with Crippen molar-refractivity contribution in [3.05, 3.63) is 72.8 Å². The molecule has 108 valence electrons. The van der Waals surface area contributed by atoms with Gasteiger partial charge in [0.05, 0.1) is 0 Å². The topological polar surface area (TPSA) is 41.1 Å². The molecule has 0 spiro atoms. The first-order chi connectivity index (χ1) is 10.7. The van der Waals surface area contributed by atoms with Crippen LogP contribution < -0.4 is 10.6 Å². The highest BCUT2D eigenvalue weighted by atomic mass is 32.1. The third-order valence-corrected chi connectivity index (χ3v) is 3.56. The molecule has 3 rings (SSSR count). The number of rotatable bonds is 2. The zero-order valence-electron chi connectivity index (χ0n) is 11.7. The molecule has 22 heavy (non-hydrogen) atoms. The largest absolute Gasteiger partial charge is 0.342 e. The number of fused-ring (bicyclic) bond motifs is 1. The zero-order chi connectivity index (χ0) is 15.4. The number of nitrogens with one attached hydrogen (secondary N) is 2. The molecule has 0 atom stereocenters. The van der Waals surface area contributed by atoms with Gasteiger partial charge in [-0.3, -0.25) is 4.79 Å². The predicted molar refractivity (Wildman–Crippen MR) is 95.2 cm³/mol. The van der Waals surface area contributed by atoms with Gasteiger partial charge in [-0.1, -0.05) is 66.8 Å². The van der Waals surface area contributed by atoms with Crippen molar-refractivity contribution in [2.45, 2.75) is 0 Å². The fraction of sp³-hybridized carbons (Fsp3) is 0. The summed E-state index contributed by atoms with van der Waals surface area (Å²) in [4.78, 5) is 12.3. The highest BCUT2D eigenvalue weighted by molar-refractivity contribution is 7.82. The molecule has 0 aliphatic rings. The Morgan fingerprint density at radius 1 is 0.773 bits per heavy atom. The molecular weight excluding hydrogens is 292 g/mol. The smallest absolute Gasteiger partial charge is 0.283 e. The van der Waals surface area contributed by atoms with Gasteiger partial charge in [-0.05, 0) is 23.6 Å². The second-order valence-electron chi connectivity index (χ2n) is 4.80. The van der Waals surface area contributed by atoms with Gasteiger partial charge >= 0.3 is 0 Å². The summed E-state index contributed by atoms with van der Waals surface area (Å²) in [6.45, 7) is 0. The Morgan fingerprint density at radius 3 is 2.27 bits per heavy atom. The van der Waals surface area contributed by atoms with E-state index < -0.39 is 0 Å². The van der Waals surface area contributed by atoms with Gasteiger partial charge in [0.25, 0.3) is 5.91 Å². The van der Waals surface area contributed by atoms with Gasteiger partial charge < -0.3 is 10.6 Å². The fourth-order valence-corrected chi connectivity index (χ4v) is 2.38. The van der Waals surface area contributed by atoms with Crippen molar-refractivity contribution in [3.8, 4) is 0 Å². The highest BCUT2D eigenvalue weighted by Crippen LogP contribution is 2.23. The molecule has 0 unspecified atom stereocenters. The maximum Gasteiger partial charge on any atom is 0.283 e. The van der Waals surface area contributed by atoms with Crippen molar-refractivity contribution in [3.63, 3.8) is 0 Å². The average Bonchev–Trinajstić information content (AvgIpc) is 2.56. The maximum atomic E-state index is 12.1. The van der Waals surface area contributed by atoms with Crippen LogP contribution in [0, 0.1) is 0 Å². The van der Waals surface area contributed by atoms with Crippen LogP contribution in [0.2, 0.25) is 0 Å². The third-order valence-electron chi connectivity index (χ3n) is 3.28. The van der Waals surface area contributed by atoms with Crippen LogP contribution in [-0.2, 0) is 4.79 Å². The van der Waals surface area contributed by atoms with Crippen molar-refractivity contribution in [1.29, 1.82) is 0 Å². The Labute approximate surface area is 134 Å². The molecule has 0 saturated heterocycles. The van der Waals surface area contributed by atoms with E-state index in [0.717, 1.165) is 22.1 Å². The van der Waals surface area contributed by atoms with E-state index in [4.69, 9.17) is 12.2 Å². The van der Waals surface area contributed by atoms with Crippen LogP contribution >= 0.6 is 12.2 Å². The SMILES string of the molecule is O=C(Nc1ccccc1)C(=S)Nc1cccc2ccccc12. The minimum absolute atomic E-state index is 0.139. The van der Waals surface area contributed by atoms with E-state index in [1.54, 1.807) is 0 Å². The number of carbonyl (C=O) groups is 1. The van der Waals surface area contributed by atoms with Gasteiger partial charge in [-0.15, -0.1) is 0 Å². The number of amides is 1. The molecule has 0 heterocycles. The van der Waals surface area contributed by atoms with E-state index in [1.165, 1.54) is 0 Å². The summed E-state index contributed by atoms with van der Waals surface area (Å²) in [5.74, 6) is -0.325. The normalized spacial score (nSPS) is 10.2. The number of carbonyl (C=O) groups excluding carboxylic acids is 1. The third kappa shape index (κ3) is 3.13. The molecule has 0 aliphatic carbocycles. The fourth-order valence-electron chi connectivity index (χ4n) is 2.22. The lowest BCUT2D eigenvalue weighted by Gasteiger charge is -2.11. The first kappa shape index (κ1) is 14.2. The van der Waals surface area contributed by atoms with Gasteiger partial charge in [0.2, 0.25) is 0 Å². The van der Waals surface area contributed by atoms with Crippen molar-refractivity contribution in [2.75, 3.05) is 10.6 Å². The van der Waals surface area contributed by atoms with Crippen LogP contribution in [0.4, 0.5) is 11.4 Å². The molecule has 3 nitrogen and oxygen atoms in total. The lowest BCUT2D eigenvalue weighted by Crippen LogP contribution is -2.27. The van der Waals surface area contributed by atoms with E-state index in [2.05, 4.69) is 10.6 Å². The van der Waals surface area contributed by atoms with Crippen molar-refractivity contribution in [2.24, 2.45) is 0 Å². The number of hydrogen-bond acceptors (Lipinski definition) is 2. The van der Waals surface area contributed by atoms with Gasteiger partial charge in [-0.2, -0.15) is 0 Å². The van der Waals surface area contributed by atoms with E-state index >= 15 is 0 Å². The maximum absolute atomic E-state index is 12.1. The van der Waals surface area contributed by atoms with E-state index in [9.17, 15) is 4.79 Å². The van der Waals surface area contributed by atoms with Gasteiger partial charge in [0, 0.05) is 16.8 Å². The van der Waals surface area contributed by atoms with Gasteiger partial charge in [-0.25, -0.2) is 0 Å².